The van der Waals surface area contributed by atoms with Crippen LogP contribution in [0.25, 0.3) is 0 Å². The molecule has 0 spiro atoms. The molecule has 1 aromatic carbocycles. The van der Waals surface area contributed by atoms with E-state index in [1.165, 1.54) is 12.8 Å². The molecule has 1 saturated carbocycles. The number of aliphatic hydroxyl groups excluding tert-OH is 1. The summed E-state index contributed by atoms with van der Waals surface area (Å²) >= 11 is 0. The van der Waals surface area contributed by atoms with Gasteiger partial charge in [-0.1, -0.05) is 18.9 Å². The predicted octanol–water partition coefficient (Wildman–Crippen LogP) is 1.64. The van der Waals surface area contributed by atoms with Gasteiger partial charge < -0.3 is 15.2 Å². The van der Waals surface area contributed by atoms with Gasteiger partial charge in [0.15, 0.2) is 0 Å². The van der Waals surface area contributed by atoms with Crippen LogP contribution in [0.5, 0.6) is 5.75 Å². The van der Waals surface area contributed by atoms with Crippen molar-refractivity contribution in [1.29, 1.82) is 0 Å². The Morgan fingerprint density at radius 1 is 1.44 bits per heavy atom. The van der Waals surface area contributed by atoms with E-state index in [1.807, 2.05) is 6.07 Å². The second kappa shape index (κ2) is 4.61. The highest BCUT2D eigenvalue weighted by Gasteiger charge is 2.26. The molecule has 0 bridgehead atoms. The number of hydrogen-bond acceptors (Lipinski definition) is 3. The molecule has 1 heterocycles. The lowest BCUT2D eigenvalue weighted by Gasteiger charge is -2.13. The Morgan fingerprint density at radius 2 is 2.28 bits per heavy atom. The molecule has 1 aromatic rings. The largest absolute Gasteiger partial charge is 0.491 e. The number of rotatable bonds is 3. The van der Waals surface area contributed by atoms with Crippen LogP contribution >= 0.6 is 0 Å². The van der Waals surface area contributed by atoms with Gasteiger partial charge in [-0.05, 0) is 30.0 Å². The lowest BCUT2D eigenvalue weighted by Crippen LogP contribution is -2.24. The SMILES string of the molecule is O=C1NCCOc2ccc(C(O)CC3CC3)cc21. The van der Waals surface area contributed by atoms with Crippen molar-refractivity contribution < 1.29 is 14.6 Å². The third-order valence-electron chi connectivity index (χ3n) is 3.53. The van der Waals surface area contributed by atoms with Crippen molar-refractivity contribution in [2.75, 3.05) is 13.2 Å². The standard InChI is InChI=1S/C14H17NO3/c16-12(7-9-1-2-9)10-3-4-13-11(8-10)14(17)15-5-6-18-13/h3-4,8-9,12,16H,1-2,5-7H2,(H,15,17). The molecule has 1 atom stereocenters. The lowest BCUT2D eigenvalue weighted by atomic mass is 10.0. The molecule has 1 fully saturated rings. The first-order valence-corrected chi connectivity index (χ1v) is 6.47. The van der Waals surface area contributed by atoms with E-state index in [4.69, 9.17) is 4.74 Å². The van der Waals surface area contributed by atoms with Crippen molar-refractivity contribution in [2.24, 2.45) is 5.92 Å². The first-order chi connectivity index (χ1) is 8.74. The number of hydrogen-bond donors (Lipinski definition) is 2. The van der Waals surface area contributed by atoms with Crippen LogP contribution in [0.2, 0.25) is 0 Å². The van der Waals surface area contributed by atoms with Gasteiger partial charge in [-0.15, -0.1) is 0 Å². The molecular weight excluding hydrogens is 230 g/mol. The van der Waals surface area contributed by atoms with Gasteiger partial charge in [-0.3, -0.25) is 4.79 Å². The van der Waals surface area contributed by atoms with Crippen LogP contribution in [0.3, 0.4) is 0 Å². The molecule has 0 radical (unpaired) electrons. The fourth-order valence-corrected chi connectivity index (χ4v) is 2.28. The monoisotopic (exact) mass is 247 g/mol. The fraction of sp³-hybridized carbons (Fsp3) is 0.500. The van der Waals surface area contributed by atoms with Gasteiger partial charge in [0.05, 0.1) is 18.2 Å². The Kier molecular flexibility index (Phi) is 2.96. The third kappa shape index (κ3) is 2.34. The van der Waals surface area contributed by atoms with Crippen LogP contribution in [0.1, 0.15) is 41.3 Å². The molecule has 4 nitrogen and oxygen atoms in total. The number of nitrogens with one attached hydrogen (secondary N) is 1. The Labute approximate surface area is 106 Å². The Balaban J connectivity index is 1.85. The predicted molar refractivity (Wildman–Crippen MR) is 66.6 cm³/mol. The first-order valence-electron chi connectivity index (χ1n) is 6.47. The number of carbonyl (C=O) groups is 1. The van der Waals surface area contributed by atoms with Gasteiger partial charge in [0, 0.05) is 0 Å². The Hall–Kier alpha value is -1.55. The number of amides is 1. The van der Waals surface area contributed by atoms with Crippen LogP contribution in [-0.4, -0.2) is 24.2 Å². The molecule has 2 aliphatic rings. The minimum atomic E-state index is -0.473. The number of aliphatic hydroxyl groups is 1. The molecular formula is C14H17NO3. The molecule has 0 aromatic heterocycles. The summed E-state index contributed by atoms with van der Waals surface area (Å²) in [5.74, 6) is 1.14. The van der Waals surface area contributed by atoms with Crippen molar-refractivity contribution in [2.45, 2.75) is 25.4 Å². The second-order valence-electron chi connectivity index (χ2n) is 5.05. The number of carbonyl (C=O) groups excluding carboxylic acids is 1. The summed E-state index contributed by atoms with van der Waals surface area (Å²) in [5.41, 5.74) is 1.33. The van der Waals surface area contributed by atoms with E-state index in [0.29, 0.717) is 30.4 Å². The van der Waals surface area contributed by atoms with E-state index in [1.54, 1.807) is 12.1 Å². The minimum absolute atomic E-state index is 0.122. The fourth-order valence-electron chi connectivity index (χ4n) is 2.28. The molecule has 18 heavy (non-hydrogen) atoms. The van der Waals surface area contributed by atoms with Crippen LogP contribution in [0.15, 0.2) is 18.2 Å². The lowest BCUT2D eigenvalue weighted by molar-refractivity contribution is 0.0956. The zero-order valence-corrected chi connectivity index (χ0v) is 10.2. The van der Waals surface area contributed by atoms with Crippen molar-refractivity contribution in [3.05, 3.63) is 29.3 Å². The highest BCUT2D eigenvalue weighted by Crippen LogP contribution is 2.38. The first kappa shape index (κ1) is 11.5. The van der Waals surface area contributed by atoms with Crippen LogP contribution < -0.4 is 10.1 Å². The van der Waals surface area contributed by atoms with E-state index >= 15 is 0 Å². The van der Waals surface area contributed by atoms with Gasteiger partial charge in [-0.2, -0.15) is 0 Å². The van der Waals surface area contributed by atoms with E-state index in [2.05, 4.69) is 5.32 Å². The third-order valence-corrected chi connectivity index (χ3v) is 3.53. The second-order valence-corrected chi connectivity index (χ2v) is 5.05. The molecule has 4 heteroatoms. The van der Waals surface area contributed by atoms with Gasteiger partial charge in [0.2, 0.25) is 0 Å². The van der Waals surface area contributed by atoms with E-state index in [0.717, 1.165) is 12.0 Å². The minimum Gasteiger partial charge on any atom is -0.491 e. The Bertz CT molecular complexity index is 468. The normalized spacial score (nSPS) is 20.4. The summed E-state index contributed by atoms with van der Waals surface area (Å²) in [7, 11) is 0. The van der Waals surface area contributed by atoms with Crippen LogP contribution in [0, 0.1) is 5.92 Å². The summed E-state index contributed by atoms with van der Waals surface area (Å²) in [5, 5.41) is 12.9. The average Bonchev–Trinajstić information content (AvgIpc) is 3.18. The molecule has 1 aliphatic carbocycles. The number of benzene rings is 1. The molecule has 3 rings (SSSR count). The maximum Gasteiger partial charge on any atom is 0.255 e. The highest BCUT2D eigenvalue weighted by molar-refractivity contribution is 5.97. The molecule has 1 amide bonds. The molecule has 1 aliphatic heterocycles. The van der Waals surface area contributed by atoms with Crippen molar-refractivity contribution in [3.8, 4) is 5.75 Å². The maximum atomic E-state index is 11.8. The molecule has 1 unspecified atom stereocenters. The maximum absolute atomic E-state index is 11.8. The van der Waals surface area contributed by atoms with Crippen LogP contribution in [-0.2, 0) is 0 Å². The van der Waals surface area contributed by atoms with Gasteiger partial charge >= 0.3 is 0 Å². The van der Waals surface area contributed by atoms with Crippen LogP contribution in [0.4, 0.5) is 0 Å². The van der Waals surface area contributed by atoms with E-state index in [9.17, 15) is 9.90 Å². The van der Waals surface area contributed by atoms with Crippen molar-refractivity contribution in [3.63, 3.8) is 0 Å². The van der Waals surface area contributed by atoms with Crippen molar-refractivity contribution >= 4 is 5.91 Å². The number of fused-ring (bicyclic) bond motifs is 1. The smallest absolute Gasteiger partial charge is 0.255 e. The van der Waals surface area contributed by atoms with E-state index < -0.39 is 6.10 Å². The average molecular weight is 247 g/mol. The quantitative estimate of drug-likeness (QED) is 0.853. The molecule has 96 valence electrons. The highest BCUT2D eigenvalue weighted by atomic mass is 16.5. The van der Waals surface area contributed by atoms with Gasteiger partial charge in [-0.25, -0.2) is 0 Å². The number of ether oxygens (including phenoxy) is 1. The summed E-state index contributed by atoms with van der Waals surface area (Å²) < 4.78 is 5.48. The zero-order valence-electron chi connectivity index (χ0n) is 10.2. The summed E-state index contributed by atoms with van der Waals surface area (Å²) in [6.07, 6.45) is 2.75. The summed E-state index contributed by atoms with van der Waals surface area (Å²) in [4.78, 5) is 11.8. The molecule has 0 saturated heterocycles. The topological polar surface area (TPSA) is 58.6 Å². The zero-order chi connectivity index (χ0) is 12.5. The molecule has 2 N–H and O–H groups in total. The Morgan fingerprint density at radius 3 is 3.06 bits per heavy atom. The summed E-state index contributed by atoms with van der Waals surface area (Å²) in [6, 6.07) is 5.39. The van der Waals surface area contributed by atoms with Gasteiger partial charge in [0.25, 0.3) is 5.91 Å². The van der Waals surface area contributed by atoms with E-state index in [-0.39, 0.29) is 5.91 Å². The van der Waals surface area contributed by atoms with Crippen molar-refractivity contribution in [1.82, 2.24) is 5.32 Å². The van der Waals surface area contributed by atoms with Gasteiger partial charge in [0.1, 0.15) is 12.4 Å². The summed E-state index contributed by atoms with van der Waals surface area (Å²) in [6.45, 7) is 1.01.